The van der Waals surface area contributed by atoms with E-state index in [-0.39, 0.29) is 28.7 Å². The van der Waals surface area contributed by atoms with Crippen molar-refractivity contribution in [2.75, 3.05) is 54.1 Å². The summed E-state index contributed by atoms with van der Waals surface area (Å²) in [7, 11) is 0.717. The number of nitrogens with one attached hydrogen (secondary N) is 1. The number of hydrogen-bond acceptors (Lipinski definition) is 6. The van der Waals surface area contributed by atoms with Gasteiger partial charge < -0.3 is 19.7 Å². The molecule has 0 aromatic heterocycles. The largest absolute Gasteiger partial charge is 0.496 e. The highest BCUT2D eigenvalue weighted by atomic mass is 32.2. The first-order valence-corrected chi connectivity index (χ1v) is 10.9. The van der Waals surface area contributed by atoms with Crippen molar-refractivity contribution < 1.29 is 27.5 Å². The van der Waals surface area contributed by atoms with Crippen molar-refractivity contribution in [1.29, 1.82) is 0 Å². The summed E-state index contributed by atoms with van der Waals surface area (Å²) in [4.78, 5) is 26.1. The molecule has 0 aliphatic rings. The fourth-order valence-electron chi connectivity index (χ4n) is 2.72. The van der Waals surface area contributed by atoms with Crippen molar-refractivity contribution in [3.05, 3.63) is 23.8 Å². The second-order valence-corrected chi connectivity index (χ2v) is 8.25. The van der Waals surface area contributed by atoms with Gasteiger partial charge in [0.15, 0.2) is 0 Å². The predicted molar refractivity (Wildman–Crippen MR) is 110 cm³/mol. The standard InChI is InChI=1S/C19H31N3O6S/c1-6-22(7-2)29(25,26)15-9-10-17(28-5)16(13-15)19(24)21(3)14-18(23)20-11-8-12-27-4/h9-10,13H,6-8,11-12,14H2,1-5H3,(H,20,23). The Morgan fingerprint density at radius 2 is 1.79 bits per heavy atom. The van der Waals surface area contributed by atoms with E-state index < -0.39 is 15.9 Å². The van der Waals surface area contributed by atoms with Gasteiger partial charge in [-0.05, 0) is 24.6 Å². The van der Waals surface area contributed by atoms with Crippen LogP contribution in [-0.2, 0) is 19.6 Å². The Hall–Kier alpha value is -2.17. The molecule has 0 atom stereocenters. The van der Waals surface area contributed by atoms with Crippen molar-refractivity contribution in [1.82, 2.24) is 14.5 Å². The van der Waals surface area contributed by atoms with Crippen LogP contribution in [0, 0.1) is 0 Å². The lowest BCUT2D eigenvalue weighted by Gasteiger charge is -2.21. The van der Waals surface area contributed by atoms with Crippen LogP contribution >= 0.6 is 0 Å². The van der Waals surface area contributed by atoms with E-state index in [1.165, 1.54) is 41.6 Å². The second-order valence-electron chi connectivity index (χ2n) is 6.31. The number of carbonyl (C=O) groups is 2. The molecule has 0 unspecified atom stereocenters. The second kappa shape index (κ2) is 11.7. The average Bonchev–Trinajstić information content (AvgIpc) is 2.70. The molecule has 9 nitrogen and oxygen atoms in total. The molecule has 164 valence electrons. The Kier molecular flexibility index (Phi) is 10.1. The molecule has 0 saturated heterocycles. The first-order valence-electron chi connectivity index (χ1n) is 9.42. The highest BCUT2D eigenvalue weighted by Gasteiger charge is 2.26. The van der Waals surface area contributed by atoms with Crippen molar-refractivity contribution in [2.24, 2.45) is 0 Å². The van der Waals surface area contributed by atoms with Crippen molar-refractivity contribution in [3.8, 4) is 5.75 Å². The van der Waals surface area contributed by atoms with Gasteiger partial charge in [-0.25, -0.2) is 8.42 Å². The number of nitrogens with zero attached hydrogens (tertiary/aromatic N) is 2. The Morgan fingerprint density at radius 3 is 2.34 bits per heavy atom. The summed E-state index contributed by atoms with van der Waals surface area (Å²) in [5.74, 6) is -0.589. The minimum atomic E-state index is -3.73. The number of rotatable bonds is 12. The highest BCUT2D eigenvalue weighted by Crippen LogP contribution is 2.25. The van der Waals surface area contributed by atoms with Crippen molar-refractivity contribution in [3.63, 3.8) is 0 Å². The number of sulfonamides is 1. The Bertz CT molecular complexity index is 793. The molecule has 0 fully saturated rings. The Balaban J connectivity index is 3.03. The lowest BCUT2D eigenvalue weighted by atomic mass is 10.1. The van der Waals surface area contributed by atoms with Gasteiger partial charge in [0.1, 0.15) is 5.75 Å². The predicted octanol–water partition coefficient (Wildman–Crippen LogP) is 0.950. The van der Waals surface area contributed by atoms with Crippen molar-refractivity contribution >= 4 is 21.8 Å². The van der Waals surface area contributed by atoms with Gasteiger partial charge in [-0.15, -0.1) is 0 Å². The van der Waals surface area contributed by atoms with Crippen LogP contribution in [-0.4, -0.2) is 83.5 Å². The zero-order chi connectivity index (χ0) is 22.0. The molecule has 0 aliphatic heterocycles. The molecule has 0 radical (unpaired) electrons. The maximum Gasteiger partial charge on any atom is 0.257 e. The van der Waals surface area contributed by atoms with Crippen LogP contribution < -0.4 is 10.1 Å². The molecule has 1 aromatic rings. The molecular formula is C19H31N3O6S. The number of carbonyl (C=O) groups excluding carboxylic acids is 2. The van der Waals surface area contributed by atoms with E-state index in [2.05, 4.69) is 5.32 Å². The minimum absolute atomic E-state index is 0.00256. The lowest BCUT2D eigenvalue weighted by molar-refractivity contribution is -0.121. The summed E-state index contributed by atoms with van der Waals surface area (Å²) in [5.41, 5.74) is 0.0791. The van der Waals surface area contributed by atoms with Crippen LogP contribution in [0.4, 0.5) is 0 Å². The molecule has 0 aliphatic carbocycles. The molecular weight excluding hydrogens is 398 g/mol. The maximum atomic E-state index is 12.9. The van der Waals surface area contributed by atoms with Crippen LogP contribution in [0.25, 0.3) is 0 Å². The van der Waals surface area contributed by atoms with E-state index in [0.717, 1.165) is 0 Å². The monoisotopic (exact) mass is 429 g/mol. The van der Waals surface area contributed by atoms with Crippen LogP contribution in [0.15, 0.2) is 23.1 Å². The summed E-state index contributed by atoms with van der Waals surface area (Å²) < 4.78 is 37.0. The van der Waals surface area contributed by atoms with Gasteiger partial charge in [-0.2, -0.15) is 4.31 Å². The number of benzene rings is 1. The van der Waals surface area contributed by atoms with Crippen LogP contribution in [0.3, 0.4) is 0 Å². The molecule has 0 saturated carbocycles. The molecule has 10 heteroatoms. The van der Waals surface area contributed by atoms with Gasteiger partial charge in [-0.3, -0.25) is 9.59 Å². The average molecular weight is 430 g/mol. The molecule has 0 heterocycles. The minimum Gasteiger partial charge on any atom is -0.496 e. The number of methoxy groups -OCH3 is 2. The third-order valence-electron chi connectivity index (χ3n) is 4.32. The molecule has 0 spiro atoms. The van der Waals surface area contributed by atoms with Gasteiger partial charge in [0.25, 0.3) is 5.91 Å². The summed E-state index contributed by atoms with van der Waals surface area (Å²) in [6, 6.07) is 4.15. The Morgan fingerprint density at radius 1 is 1.14 bits per heavy atom. The van der Waals surface area contributed by atoms with Gasteiger partial charge in [0.05, 0.1) is 24.1 Å². The molecule has 29 heavy (non-hydrogen) atoms. The van der Waals surface area contributed by atoms with E-state index in [1.54, 1.807) is 21.0 Å². The fourth-order valence-corrected chi connectivity index (χ4v) is 4.21. The molecule has 2 amide bonds. The fraction of sp³-hybridized carbons (Fsp3) is 0.579. The normalized spacial score (nSPS) is 11.4. The summed E-state index contributed by atoms with van der Waals surface area (Å²) in [5, 5.41) is 2.70. The van der Waals surface area contributed by atoms with Crippen LogP contribution in [0.5, 0.6) is 5.75 Å². The highest BCUT2D eigenvalue weighted by molar-refractivity contribution is 7.89. The van der Waals surface area contributed by atoms with Gasteiger partial charge in [0.2, 0.25) is 15.9 Å². The maximum absolute atomic E-state index is 12.9. The number of likely N-dealkylation sites (N-methyl/N-ethyl adjacent to an activating group) is 1. The SMILES string of the molecule is CCN(CC)S(=O)(=O)c1ccc(OC)c(C(=O)N(C)CC(=O)NCCCOC)c1. The van der Waals surface area contributed by atoms with Crippen LogP contribution in [0.1, 0.15) is 30.6 Å². The van der Waals surface area contributed by atoms with Gasteiger partial charge >= 0.3 is 0 Å². The number of hydrogen-bond donors (Lipinski definition) is 1. The van der Waals surface area contributed by atoms with Gasteiger partial charge in [0, 0.05) is 40.4 Å². The molecule has 1 aromatic carbocycles. The van der Waals surface area contributed by atoms with Gasteiger partial charge in [-0.1, -0.05) is 13.8 Å². The zero-order valence-electron chi connectivity index (χ0n) is 17.7. The quantitative estimate of drug-likeness (QED) is 0.496. The van der Waals surface area contributed by atoms with Crippen LogP contribution in [0.2, 0.25) is 0 Å². The molecule has 1 N–H and O–H groups in total. The Labute approximate surface area is 173 Å². The molecule has 1 rings (SSSR count). The van der Waals surface area contributed by atoms with Crippen molar-refractivity contribution in [2.45, 2.75) is 25.2 Å². The lowest BCUT2D eigenvalue weighted by Crippen LogP contribution is -2.39. The van der Waals surface area contributed by atoms with E-state index in [9.17, 15) is 18.0 Å². The number of ether oxygens (including phenoxy) is 2. The summed E-state index contributed by atoms with van der Waals surface area (Å²) in [6.45, 7) is 4.93. The van der Waals surface area contributed by atoms with E-state index in [1.807, 2.05) is 0 Å². The summed E-state index contributed by atoms with van der Waals surface area (Å²) in [6.07, 6.45) is 0.666. The third kappa shape index (κ3) is 6.69. The number of amides is 2. The van der Waals surface area contributed by atoms with E-state index in [0.29, 0.717) is 32.7 Å². The first kappa shape index (κ1) is 24.9. The topological polar surface area (TPSA) is 105 Å². The van der Waals surface area contributed by atoms with E-state index in [4.69, 9.17) is 9.47 Å². The smallest absolute Gasteiger partial charge is 0.257 e. The van der Waals surface area contributed by atoms with E-state index >= 15 is 0 Å². The zero-order valence-corrected chi connectivity index (χ0v) is 18.5. The first-order chi connectivity index (χ1) is 13.7. The molecule has 0 bridgehead atoms. The third-order valence-corrected chi connectivity index (χ3v) is 6.37. The summed E-state index contributed by atoms with van der Waals surface area (Å²) >= 11 is 0.